The zero-order valence-electron chi connectivity index (χ0n) is 13.2. The summed E-state index contributed by atoms with van der Waals surface area (Å²) in [5.74, 6) is -0.479. The van der Waals surface area contributed by atoms with E-state index in [0.29, 0.717) is 16.3 Å². The van der Waals surface area contributed by atoms with Crippen LogP contribution in [0.15, 0.2) is 69.2 Å². The molecule has 0 saturated carbocycles. The summed E-state index contributed by atoms with van der Waals surface area (Å²) in [6.45, 7) is 1.79. The van der Waals surface area contributed by atoms with E-state index in [1.165, 1.54) is 0 Å². The first-order chi connectivity index (χ1) is 12.0. The molecule has 0 atom stereocenters. The summed E-state index contributed by atoms with van der Waals surface area (Å²) in [5.41, 5.74) is 7.10. The van der Waals surface area contributed by atoms with Gasteiger partial charge in [-0.25, -0.2) is 0 Å². The largest absolute Gasteiger partial charge is 0.366 e. The first kappa shape index (κ1) is 15.5. The molecule has 25 heavy (non-hydrogen) atoms. The molecule has 1 aliphatic rings. The Morgan fingerprint density at radius 3 is 2.36 bits per heavy atom. The number of nitrogens with zero attached hydrogens (tertiary/aromatic N) is 5. The number of halogens is 1. The summed E-state index contributed by atoms with van der Waals surface area (Å²) in [6.07, 6.45) is 0. The fraction of sp³-hybridized carbons (Fsp3) is 0.118. The number of benzene rings is 2. The van der Waals surface area contributed by atoms with Gasteiger partial charge in [0.2, 0.25) is 11.6 Å². The molecule has 0 unspecified atom stereocenters. The number of primary amides is 1. The maximum atomic E-state index is 11.3. The summed E-state index contributed by atoms with van der Waals surface area (Å²) in [5, 5.41) is 17.0. The number of amides is 1. The van der Waals surface area contributed by atoms with E-state index >= 15 is 0 Å². The quantitative estimate of drug-likeness (QED) is 0.743. The molecule has 2 aromatic carbocycles. The van der Waals surface area contributed by atoms with Crippen molar-refractivity contribution in [3.8, 4) is 5.69 Å². The van der Waals surface area contributed by atoms with Crippen LogP contribution >= 0.6 is 11.6 Å². The van der Waals surface area contributed by atoms with Gasteiger partial charge >= 0.3 is 0 Å². The van der Waals surface area contributed by atoms with Gasteiger partial charge in [-0.2, -0.15) is 0 Å². The van der Waals surface area contributed by atoms with E-state index in [-0.39, 0.29) is 0 Å². The molecule has 1 amide bonds. The van der Waals surface area contributed by atoms with Gasteiger partial charge in [0.1, 0.15) is 0 Å². The third-order valence-corrected chi connectivity index (χ3v) is 4.57. The van der Waals surface area contributed by atoms with Crippen LogP contribution in [0.3, 0.4) is 0 Å². The van der Waals surface area contributed by atoms with E-state index in [4.69, 9.17) is 17.3 Å². The van der Waals surface area contributed by atoms with E-state index in [2.05, 4.69) is 20.7 Å². The maximum Gasteiger partial charge on any atom is 0.248 e. The molecule has 0 spiro atoms. The van der Waals surface area contributed by atoms with Crippen LogP contribution in [-0.2, 0) is 5.66 Å². The lowest BCUT2D eigenvalue weighted by Gasteiger charge is -2.19. The molecular formula is C17H13ClN6O. The summed E-state index contributed by atoms with van der Waals surface area (Å²) in [7, 11) is 0. The van der Waals surface area contributed by atoms with Crippen molar-refractivity contribution >= 4 is 28.4 Å². The molecule has 1 aromatic heterocycles. The molecule has 0 aliphatic carbocycles. The van der Waals surface area contributed by atoms with Gasteiger partial charge in [0.25, 0.3) is 0 Å². The van der Waals surface area contributed by atoms with E-state index in [0.717, 1.165) is 16.6 Å². The Morgan fingerprint density at radius 2 is 1.72 bits per heavy atom. The smallest absolute Gasteiger partial charge is 0.248 e. The van der Waals surface area contributed by atoms with Gasteiger partial charge in [0, 0.05) is 16.6 Å². The zero-order chi connectivity index (χ0) is 17.6. The second-order valence-electron chi connectivity index (χ2n) is 5.83. The molecule has 0 bridgehead atoms. The number of aromatic nitrogens is 1. The number of nitrogens with two attached hydrogens (primary N) is 1. The molecule has 3 aromatic rings. The Hall–Kier alpha value is -3.06. The van der Waals surface area contributed by atoms with Crippen molar-refractivity contribution in [3.63, 3.8) is 0 Å². The van der Waals surface area contributed by atoms with E-state index < -0.39 is 11.6 Å². The molecule has 8 heteroatoms. The van der Waals surface area contributed by atoms with Crippen LogP contribution in [0.2, 0.25) is 5.02 Å². The van der Waals surface area contributed by atoms with Crippen molar-refractivity contribution in [3.05, 3.63) is 64.8 Å². The van der Waals surface area contributed by atoms with Gasteiger partial charge < -0.3 is 10.3 Å². The number of carbonyl (C=O) groups excluding carboxylic acids is 1. The van der Waals surface area contributed by atoms with Crippen LogP contribution in [0, 0.1) is 0 Å². The van der Waals surface area contributed by atoms with Gasteiger partial charge in [-0.15, -0.1) is 10.2 Å². The standard InChI is InChI=1S/C17H13ClN6O/c1-17(20-22-23-21-17)15-14(18)12-4-2-3-5-13(12)24(15)11-8-6-10(7-9-11)16(19)25/h2-9H,1H3,(H2,19,25). The molecule has 124 valence electrons. The van der Waals surface area contributed by atoms with Crippen LogP contribution in [0.5, 0.6) is 0 Å². The monoisotopic (exact) mass is 352 g/mol. The topological polar surface area (TPSA) is 97.5 Å². The van der Waals surface area contributed by atoms with Crippen molar-refractivity contribution in [1.82, 2.24) is 4.57 Å². The number of hydrogen-bond acceptors (Lipinski definition) is 5. The van der Waals surface area contributed by atoms with Crippen molar-refractivity contribution in [2.45, 2.75) is 12.6 Å². The predicted octanol–water partition coefficient (Wildman–Crippen LogP) is 4.39. The maximum absolute atomic E-state index is 11.3. The van der Waals surface area contributed by atoms with Gasteiger partial charge in [0.05, 0.1) is 16.2 Å². The minimum atomic E-state index is -1.02. The average Bonchev–Trinajstić information content (AvgIpc) is 3.18. The second-order valence-corrected chi connectivity index (χ2v) is 6.20. The number of rotatable bonds is 3. The molecule has 2 heterocycles. The Bertz CT molecular complexity index is 1040. The zero-order valence-corrected chi connectivity index (χ0v) is 14.0. The van der Waals surface area contributed by atoms with Crippen LogP contribution < -0.4 is 5.73 Å². The van der Waals surface area contributed by atoms with Gasteiger partial charge in [0.15, 0.2) is 0 Å². The third-order valence-electron chi connectivity index (χ3n) is 4.19. The molecule has 0 radical (unpaired) electrons. The van der Waals surface area contributed by atoms with Gasteiger partial charge in [-0.1, -0.05) is 29.8 Å². The minimum absolute atomic E-state index is 0.430. The summed E-state index contributed by atoms with van der Waals surface area (Å²) in [6, 6.07) is 14.7. The first-order valence-corrected chi connectivity index (χ1v) is 7.93. The third kappa shape index (κ3) is 2.32. The lowest BCUT2D eigenvalue weighted by molar-refractivity contribution is 0.100. The molecule has 4 rings (SSSR count). The van der Waals surface area contributed by atoms with Crippen molar-refractivity contribution < 1.29 is 4.79 Å². The Kier molecular flexibility index (Phi) is 3.40. The fourth-order valence-corrected chi connectivity index (χ4v) is 3.42. The highest BCUT2D eigenvalue weighted by molar-refractivity contribution is 6.36. The van der Waals surface area contributed by atoms with Crippen molar-refractivity contribution in [1.29, 1.82) is 0 Å². The number of hydrogen-bond donors (Lipinski definition) is 1. The van der Waals surface area contributed by atoms with Crippen LogP contribution in [0.1, 0.15) is 23.0 Å². The van der Waals surface area contributed by atoms with Gasteiger partial charge in [-0.05, 0) is 47.7 Å². The van der Waals surface area contributed by atoms with Crippen LogP contribution in [0.4, 0.5) is 0 Å². The minimum Gasteiger partial charge on any atom is -0.366 e. The van der Waals surface area contributed by atoms with E-state index in [1.54, 1.807) is 31.2 Å². The molecule has 1 aliphatic heterocycles. The molecule has 7 nitrogen and oxygen atoms in total. The summed E-state index contributed by atoms with van der Waals surface area (Å²) >= 11 is 6.67. The Labute approximate surface area is 147 Å². The lowest BCUT2D eigenvalue weighted by atomic mass is 10.1. The number of fused-ring (bicyclic) bond motifs is 1. The second kappa shape index (κ2) is 5.49. The normalized spacial score (nSPS) is 15.1. The highest BCUT2D eigenvalue weighted by Gasteiger charge is 2.37. The van der Waals surface area contributed by atoms with Crippen LogP contribution in [0.25, 0.3) is 16.6 Å². The molecule has 2 N–H and O–H groups in total. The van der Waals surface area contributed by atoms with Crippen LogP contribution in [-0.4, -0.2) is 10.5 Å². The Morgan fingerprint density at radius 1 is 1.08 bits per heavy atom. The molecule has 0 fully saturated rings. The predicted molar refractivity (Wildman–Crippen MR) is 93.9 cm³/mol. The molecular weight excluding hydrogens is 340 g/mol. The fourth-order valence-electron chi connectivity index (χ4n) is 2.99. The van der Waals surface area contributed by atoms with E-state index in [1.807, 2.05) is 28.8 Å². The highest BCUT2D eigenvalue weighted by Crippen LogP contribution is 2.43. The summed E-state index contributed by atoms with van der Waals surface area (Å²) < 4.78 is 1.95. The lowest BCUT2D eigenvalue weighted by Crippen LogP contribution is -2.19. The molecule has 0 saturated heterocycles. The highest BCUT2D eigenvalue weighted by atomic mass is 35.5. The number of para-hydroxylation sites is 1. The average molecular weight is 353 g/mol. The van der Waals surface area contributed by atoms with Gasteiger partial charge in [-0.3, -0.25) is 4.79 Å². The van der Waals surface area contributed by atoms with Crippen molar-refractivity contribution in [2.24, 2.45) is 26.4 Å². The first-order valence-electron chi connectivity index (χ1n) is 7.55. The number of carbonyl (C=O) groups is 1. The Balaban J connectivity index is 2.03. The SMILES string of the molecule is CC1(c2c(Cl)c3ccccc3n2-c2ccc(C(N)=O)cc2)N=NN=N1. The summed E-state index contributed by atoms with van der Waals surface area (Å²) in [4.78, 5) is 11.3. The van der Waals surface area contributed by atoms with E-state index in [9.17, 15) is 4.79 Å². The van der Waals surface area contributed by atoms with Crippen molar-refractivity contribution in [2.75, 3.05) is 0 Å².